The van der Waals surface area contributed by atoms with Crippen LogP contribution in [-0.4, -0.2) is 40.6 Å². The van der Waals surface area contributed by atoms with Crippen molar-refractivity contribution in [3.8, 4) is 0 Å². The van der Waals surface area contributed by atoms with Crippen LogP contribution >= 0.6 is 0 Å². The summed E-state index contributed by atoms with van der Waals surface area (Å²) >= 11 is 0. The average Bonchev–Trinajstić information content (AvgIpc) is 1.25. The molecule has 3 heteroatoms. The van der Waals surface area contributed by atoms with Crippen LogP contribution in [0.15, 0.2) is 0 Å². The van der Waals surface area contributed by atoms with Gasteiger partial charge in [-0.1, -0.05) is 0 Å². The van der Waals surface area contributed by atoms with Gasteiger partial charge in [-0.3, -0.25) is 0 Å². The van der Waals surface area contributed by atoms with Crippen LogP contribution in [0.1, 0.15) is 27.7 Å². The summed E-state index contributed by atoms with van der Waals surface area (Å²) in [7, 11) is 0. The van der Waals surface area contributed by atoms with Gasteiger partial charge in [-0.05, 0) is 27.7 Å². The van der Waals surface area contributed by atoms with Crippen LogP contribution < -0.4 is 11.5 Å². The summed E-state index contributed by atoms with van der Waals surface area (Å²) in [6.45, 7) is 7.69. The minimum absolute atomic E-state index is 0. The van der Waals surface area contributed by atoms with Gasteiger partial charge in [0.1, 0.15) is 0 Å². The summed E-state index contributed by atoms with van der Waals surface area (Å²) in [5.41, 5.74) is 10.8. The van der Waals surface area contributed by atoms with E-state index in [1.54, 1.807) is 0 Å². The van der Waals surface area contributed by atoms with Crippen molar-refractivity contribution in [2.45, 2.75) is 38.8 Å². The van der Waals surface area contributed by atoms with E-state index in [0.29, 0.717) is 0 Å². The summed E-state index contributed by atoms with van der Waals surface area (Å²) in [4.78, 5) is 0. The molecule has 0 unspecified atom stereocenters. The van der Waals surface area contributed by atoms with E-state index in [4.69, 9.17) is 11.5 Å². The van der Waals surface area contributed by atoms with Gasteiger partial charge in [-0.15, -0.1) is 0 Å². The van der Waals surface area contributed by atoms with Crippen LogP contribution in [0, 0.1) is 0 Å². The van der Waals surface area contributed by atoms with Gasteiger partial charge >= 0.3 is 29.6 Å². The number of hydrogen-bond acceptors (Lipinski definition) is 2. The van der Waals surface area contributed by atoms with Gasteiger partial charge in [-0.2, -0.15) is 0 Å². The Morgan fingerprint density at radius 2 is 0.889 bits per heavy atom. The molecule has 0 aromatic carbocycles. The Balaban J connectivity index is 0. The predicted molar refractivity (Wildman–Crippen MR) is 43.7 cm³/mol. The van der Waals surface area contributed by atoms with Crippen molar-refractivity contribution >= 4 is 29.6 Å². The van der Waals surface area contributed by atoms with Crippen molar-refractivity contribution in [3.05, 3.63) is 0 Å². The Morgan fingerprint density at radius 1 is 0.778 bits per heavy atom. The zero-order valence-corrected chi connectivity index (χ0v) is 6.15. The quantitative estimate of drug-likeness (QED) is 0.496. The third kappa shape index (κ3) is 4.34. The molecule has 0 aliphatic heterocycles. The second kappa shape index (κ2) is 3.35. The Bertz CT molecular complexity index is 66.0. The zero-order chi connectivity index (χ0) is 7.00. The van der Waals surface area contributed by atoms with E-state index >= 15 is 0 Å². The Hall–Kier alpha value is 0.920. The number of nitrogens with two attached hydrogens (primary N) is 2. The Morgan fingerprint density at radius 3 is 0.889 bits per heavy atom. The standard InChI is InChI=1S/C6H16N2.Na.H/c1-5(2,7)6(3,4)8;;/h7-8H2,1-4H3;;. The predicted octanol–water partition coefficient (Wildman–Crippen LogP) is -0.187. The molecule has 0 bridgehead atoms. The van der Waals surface area contributed by atoms with Crippen molar-refractivity contribution < 1.29 is 0 Å². The molecule has 0 rings (SSSR count). The third-order valence-corrected chi connectivity index (χ3v) is 1.66. The molecule has 52 valence electrons. The number of hydrogen-bond donors (Lipinski definition) is 2. The van der Waals surface area contributed by atoms with E-state index in [9.17, 15) is 0 Å². The summed E-state index contributed by atoms with van der Waals surface area (Å²) < 4.78 is 0. The van der Waals surface area contributed by atoms with Crippen LogP contribution in [0.4, 0.5) is 0 Å². The van der Waals surface area contributed by atoms with Gasteiger partial charge in [0, 0.05) is 11.1 Å². The van der Waals surface area contributed by atoms with E-state index in [2.05, 4.69) is 0 Å². The van der Waals surface area contributed by atoms with Crippen molar-refractivity contribution in [1.82, 2.24) is 0 Å². The molecule has 0 radical (unpaired) electrons. The normalized spacial score (nSPS) is 12.7. The fraction of sp³-hybridized carbons (Fsp3) is 1.00. The van der Waals surface area contributed by atoms with E-state index < -0.39 is 0 Å². The van der Waals surface area contributed by atoms with Gasteiger partial charge < -0.3 is 11.5 Å². The molecule has 0 atom stereocenters. The van der Waals surface area contributed by atoms with E-state index in [1.165, 1.54) is 0 Å². The molecular weight excluding hydrogens is 123 g/mol. The van der Waals surface area contributed by atoms with Gasteiger partial charge in [-0.25, -0.2) is 0 Å². The third-order valence-electron chi connectivity index (χ3n) is 1.66. The van der Waals surface area contributed by atoms with E-state index in [-0.39, 0.29) is 40.6 Å². The summed E-state index contributed by atoms with van der Waals surface area (Å²) in [5, 5.41) is 0. The Labute approximate surface area is 79.7 Å². The van der Waals surface area contributed by atoms with Crippen LogP contribution in [0.2, 0.25) is 0 Å². The van der Waals surface area contributed by atoms with E-state index in [1.807, 2.05) is 27.7 Å². The number of rotatable bonds is 1. The molecule has 0 saturated carbocycles. The van der Waals surface area contributed by atoms with Crippen molar-refractivity contribution in [3.63, 3.8) is 0 Å². The molecular formula is C6H17N2Na. The fourth-order valence-electron chi connectivity index (χ4n) is 0. The molecule has 0 saturated heterocycles. The van der Waals surface area contributed by atoms with Crippen LogP contribution in [0.3, 0.4) is 0 Å². The molecule has 0 heterocycles. The fourth-order valence-corrected chi connectivity index (χ4v) is 0. The first-order valence-corrected chi connectivity index (χ1v) is 2.83. The van der Waals surface area contributed by atoms with Gasteiger partial charge in [0.2, 0.25) is 0 Å². The first-order valence-electron chi connectivity index (χ1n) is 2.83. The van der Waals surface area contributed by atoms with Crippen molar-refractivity contribution in [2.75, 3.05) is 0 Å². The van der Waals surface area contributed by atoms with Crippen molar-refractivity contribution in [2.24, 2.45) is 11.5 Å². The maximum absolute atomic E-state index is 5.69. The van der Waals surface area contributed by atoms with Gasteiger partial charge in [0.15, 0.2) is 0 Å². The van der Waals surface area contributed by atoms with Crippen molar-refractivity contribution in [1.29, 1.82) is 0 Å². The SMILES string of the molecule is CC(C)(N)C(C)(C)N.[NaH]. The van der Waals surface area contributed by atoms with Crippen LogP contribution in [0.5, 0.6) is 0 Å². The molecule has 0 spiro atoms. The molecule has 0 aliphatic carbocycles. The topological polar surface area (TPSA) is 52.0 Å². The van der Waals surface area contributed by atoms with Crippen LogP contribution in [0.25, 0.3) is 0 Å². The molecule has 0 aromatic heterocycles. The second-order valence-corrected chi connectivity index (χ2v) is 3.44. The monoisotopic (exact) mass is 140 g/mol. The Kier molecular flexibility index (Phi) is 4.69. The second-order valence-electron chi connectivity index (χ2n) is 3.44. The summed E-state index contributed by atoms with van der Waals surface area (Å²) in [6.07, 6.45) is 0. The summed E-state index contributed by atoms with van der Waals surface area (Å²) in [6, 6.07) is 0. The average molecular weight is 140 g/mol. The summed E-state index contributed by atoms with van der Waals surface area (Å²) in [5.74, 6) is 0. The molecule has 0 aliphatic rings. The minimum atomic E-state index is -0.285. The molecule has 4 N–H and O–H groups in total. The van der Waals surface area contributed by atoms with Gasteiger partial charge in [0.25, 0.3) is 0 Å². The van der Waals surface area contributed by atoms with Crippen LogP contribution in [-0.2, 0) is 0 Å². The first-order chi connectivity index (χ1) is 3.25. The molecule has 2 nitrogen and oxygen atoms in total. The van der Waals surface area contributed by atoms with E-state index in [0.717, 1.165) is 0 Å². The zero-order valence-electron chi connectivity index (χ0n) is 6.15. The molecule has 9 heavy (non-hydrogen) atoms. The maximum atomic E-state index is 5.69. The first kappa shape index (κ1) is 12.6. The van der Waals surface area contributed by atoms with Gasteiger partial charge in [0.05, 0.1) is 0 Å². The molecule has 0 aromatic rings. The molecule has 0 fully saturated rings. The molecule has 0 amide bonds.